The first kappa shape index (κ1) is 15.0. The number of hydrogen-bond acceptors (Lipinski definition) is 3. The van der Waals surface area contributed by atoms with Crippen LogP contribution in [0.15, 0.2) is 53.0 Å². The third-order valence-corrected chi connectivity index (χ3v) is 6.07. The van der Waals surface area contributed by atoms with Gasteiger partial charge in [-0.3, -0.25) is 10.1 Å². The fraction of sp³-hybridized carbons (Fsp3) is 0.100. The minimum atomic E-state index is -0.141. The Morgan fingerprint density at radius 3 is 2.80 bits per heavy atom. The smallest absolute Gasteiger partial charge is 0.257 e. The highest BCUT2D eigenvalue weighted by Crippen LogP contribution is 2.39. The van der Waals surface area contributed by atoms with E-state index in [0.29, 0.717) is 10.7 Å². The number of carbonyl (C=O) groups excluding carboxylic acids is 1. The van der Waals surface area contributed by atoms with Crippen LogP contribution >= 0.6 is 27.3 Å². The predicted octanol–water partition coefficient (Wildman–Crippen LogP) is 5.56. The minimum absolute atomic E-state index is 0.141. The van der Waals surface area contributed by atoms with E-state index in [0.717, 1.165) is 27.5 Å². The van der Waals surface area contributed by atoms with Gasteiger partial charge in [-0.25, -0.2) is 4.98 Å². The van der Waals surface area contributed by atoms with Crippen molar-refractivity contribution in [3.8, 4) is 0 Å². The lowest BCUT2D eigenvalue weighted by atomic mass is 10.0. The van der Waals surface area contributed by atoms with Crippen molar-refractivity contribution < 1.29 is 4.79 Å². The summed E-state index contributed by atoms with van der Waals surface area (Å²) < 4.78 is 2.01. The van der Waals surface area contributed by atoms with Gasteiger partial charge in [0.2, 0.25) is 0 Å². The van der Waals surface area contributed by atoms with Gasteiger partial charge in [0.1, 0.15) is 0 Å². The molecule has 5 heteroatoms. The van der Waals surface area contributed by atoms with Crippen molar-refractivity contribution in [1.29, 1.82) is 0 Å². The first-order valence-electron chi connectivity index (χ1n) is 8.10. The normalized spacial score (nSPS) is 12.8. The van der Waals surface area contributed by atoms with E-state index < -0.39 is 0 Å². The molecule has 1 aliphatic carbocycles. The molecular formula is C20H13BrN2OS. The van der Waals surface area contributed by atoms with Crippen molar-refractivity contribution in [1.82, 2.24) is 4.98 Å². The Balaban J connectivity index is 1.58. The molecule has 3 aromatic carbocycles. The second-order valence-corrected chi connectivity index (χ2v) is 8.15. The van der Waals surface area contributed by atoms with Gasteiger partial charge >= 0.3 is 0 Å². The van der Waals surface area contributed by atoms with Crippen LogP contribution in [-0.2, 0) is 12.8 Å². The van der Waals surface area contributed by atoms with Crippen molar-refractivity contribution >= 4 is 59.3 Å². The van der Waals surface area contributed by atoms with E-state index in [9.17, 15) is 4.79 Å². The van der Waals surface area contributed by atoms with Crippen LogP contribution in [0, 0.1) is 0 Å². The van der Waals surface area contributed by atoms with Gasteiger partial charge in [0.05, 0.1) is 10.2 Å². The number of benzene rings is 3. The first-order valence-corrected chi connectivity index (χ1v) is 9.71. The lowest BCUT2D eigenvalue weighted by Crippen LogP contribution is -2.11. The van der Waals surface area contributed by atoms with Gasteiger partial charge < -0.3 is 0 Å². The SMILES string of the molecule is O=C(Nc1nc2c(cc3c4c(cccc42)CC3)s1)c1cccc(Br)c1. The van der Waals surface area contributed by atoms with Crippen molar-refractivity contribution in [3.05, 3.63) is 69.7 Å². The highest BCUT2D eigenvalue weighted by molar-refractivity contribution is 9.10. The molecule has 0 atom stereocenters. The van der Waals surface area contributed by atoms with Gasteiger partial charge in [0.15, 0.2) is 5.13 Å². The number of hydrogen-bond donors (Lipinski definition) is 1. The maximum absolute atomic E-state index is 12.5. The monoisotopic (exact) mass is 408 g/mol. The molecule has 122 valence electrons. The number of anilines is 1. The van der Waals surface area contributed by atoms with Crippen LogP contribution in [0.2, 0.25) is 0 Å². The van der Waals surface area contributed by atoms with Crippen LogP contribution in [0.5, 0.6) is 0 Å². The molecule has 1 amide bonds. The van der Waals surface area contributed by atoms with Gasteiger partial charge in [-0.1, -0.05) is 51.5 Å². The number of aryl methyl sites for hydroxylation is 2. The highest BCUT2D eigenvalue weighted by Gasteiger charge is 2.19. The van der Waals surface area contributed by atoms with Crippen molar-refractivity contribution in [2.45, 2.75) is 12.8 Å². The molecule has 0 fully saturated rings. The molecule has 1 aromatic heterocycles. The van der Waals surface area contributed by atoms with Gasteiger partial charge in [-0.05, 0) is 53.6 Å². The maximum Gasteiger partial charge on any atom is 0.257 e. The van der Waals surface area contributed by atoms with Crippen LogP contribution < -0.4 is 5.32 Å². The molecular weight excluding hydrogens is 396 g/mol. The van der Waals surface area contributed by atoms with E-state index in [1.807, 2.05) is 12.1 Å². The van der Waals surface area contributed by atoms with Gasteiger partial charge in [-0.15, -0.1) is 0 Å². The fourth-order valence-corrected chi connectivity index (χ4v) is 4.90. The molecule has 3 nitrogen and oxygen atoms in total. The van der Waals surface area contributed by atoms with Crippen molar-refractivity contribution in [2.24, 2.45) is 0 Å². The number of halogens is 1. The van der Waals surface area contributed by atoms with Crippen molar-refractivity contribution in [3.63, 3.8) is 0 Å². The summed E-state index contributed by atoms with van der Waals surface area (Å²) >= 11 is 4.94. The molecule has 0 unspecified atom stereocenters. The number of carbonyl (C=O) groups is 1. The lowest BCUT2D eigenvalue weighted by Gasteiger charge is -2.02. The number of amides is 1. The molecule has 1 heterocycles. The van der Waals surface area contributed by atoms with Crippen LogP contribution in [-0.4, -0.2) is 10.9 Å². The summed E-state index contributed by atoms with van der Waals surface area (Å²) in [4.78, 5) is 17.2. The van der Waals surface area contributed by atoms with E-state index >= 15 is 0 Å². The number of nitrogens with one attached hydrogen (secondary N) is 1. The second-order valence-electron chi connectivity index (χ2n) is 6.21. The Labute approximate surface area is 156 Å². The molecule has 1 N–H and O–H groups in total. The molecule has 4 aromatic rings. The summed E-state index contributed by atoms with van der Waals surface area (Å²) in [6.45, 7) is 0. The van der Waals surface area contributed by atoms with Gasteiger partial charge in [0.25, 0.3) is 5.91 Å². The molecule has 0 spiro atoms. The summed E-state index contributed by atoms with van der Waals surface area (Å²) in [6.07, 6.45) is 2.19. The van der Waals surface area contributed by atoms with Crippen LogP contribution in [0.1, 0.15) is 21.5 Å². The highest BCUT2D eigenvalue weighted by atomic mass is 79.9. The zero-order valence-electron chi connectivity index (χ0n) is 13.2. The number of nitrogens with zero attached hydrogens (tertiary/aromatic N) is 1. The number of fused-ring (bicyclic) bond motifs is 2. The Kier molecular flexibility index (Phi) is 3.40. The zero-order chi connectivity index (χ0) is 17.0. The molecule has 1 aliphatic rings. The lowest BCUT2D eigenvalue weighted by molar-refractivity contribution is 0.102. The average Bonchev–Trinajstić information content (AvgIpc) is 3.20. The topological polar surface area (TPSA) is 42.0 Å². The zero-order valence-corrected chi connectivity index (χ0v) is 15.6. The van der Waals surface area contributed by atoms with E-state index in [4.69, 9.17) is 4.98 Å². The summed E-state index contributed by atoms with van der Waals surface area (Å²) in [5.41, 5.74) is 4.40. The summed E-state index contributed by atoms with van der Waals surface area (Å²) in [6, 6.07) is 16.0. The van der Waals surface area contributed by atoms with Gasteiger partial charge in [-0.2, -0.15) is 0 Å². The Morgan fingerprint density at radius 2 is 1.92 bits per heavy atom. The minimum Gasteiger partial charge on any atom is -0.298 e. The summed E-state index contributed by atoms with van der Waals surface area (Å²) in [5, 5.41) is 6.13. The predicted molar refractivity (Wildman–Crippen MR) is 107 cm³/mol. The van der Waals surface area contributed by atoms with E-state index in [-0.39, 0.29) is 5.91 Å². The number of thiazole rings is 1. The van der Waals surface area contributed by atoms with Gasteiger partial charge in [0, 0.05) is 15.4 Å². The molecule has 0 saturated heterocycles. The molecule has 0 bridgehead atoms. The summed E-state index contributed by atoms with van der Waals surface area (Å²) in [5.74, 6) is -0.141. The largest absolute Gasteiger partial charge is 0.298 e. The number of aromatic nitrogens is 1. The fourth-order valence-electron chi connectivity index (χ4n) is 3.56. The molecule has 0 radical (unpaired) electrons. The maximum atomic E-state index is 12.5. The van der Waals surface area contributed by atoms with E-state index in [1.54, 1.807) is 12.1 Å². The quantitative estimate of drug-likeness (QED) is 0.471. The van der Waals surface area contributed by atoms with Crippen LogP contribution in [0.4, 0.5) is 5.13 Å². The molecule has 5 rings (SSSR count). The third-order valence-electron chi connectivity index (χ3n) is 4.66. The Morgan fingerprint density at radius 1 is 1.08 bits per heavy atom. The first-order chi connectivity index (χ1) is 12.2. The second kappa shape index (κ2) is 5.64. The van der Waals surface area contributed by atoms with E-state index in [1.165, 1.54) is 33.2 Å². The molecule has 25 heavy (non-hydrogen) atoms. The van der Waals surface area contributed by atoms with E-state index in [2.05, 4.69) is 45.5 Å². The average molecular weight is 409 g/mol. The Bertz CT molecular complexity index is 1170. The summed E-state index contributed by atoms with van der Waals surface area (Å²) in [7, 11) is 0. The molecule has 0 saturated carbocycles. The molecule has 0 aliphatic heterocycles. The standard InChI is InChI=1S/C20H13BrN2OS/c21-14-5-1-4-13(9-14)19(24)23-20-22-18-15-6-2-3-11-7-8-12(17(11)15)10-16(18)25-20/h1-6,9-10H,7-8H2,(H,22,23,24). The van der Waals surface area contributed by atoms with Crippen LogP contribution in [0.3, 0.4) is 0 Å². The van der Waals surface area contributed by atoms with Crippen LogP contribution in [0.25, 0.3) is 21.0 Å². The Hall–Kier alpha value is -2.24. The third kappa shape index (κ3) is 2.46. The number of rotatable bonds is 2. The van der Waals surface area contributed by atoms with Crippen molar-refractivity contribution in [2.75, 3.05) is 5.32 Å².